The zero-order valence-corrected chi connectivity index (χ0v) is 14.7. The summed E-state index contributed by atoms with van der Waals surface area (Å²) in [6, 6.07) is 3.26. The SMILES string of the molecule is CCCCc1ccc(C(=O)OCC(CC)(CO)CO)c(O)c1OC. The molecule has 0 unspecified atom stereocenters. The molecule has 0 aromatic heterocycles. The minimum atomic E-state index is -0.879. The summed E-state index contributed by atoms with van der Waals surface area (Å²) >= 11 is 0. The van der Waals surface area contributed by atoms with E-state index in [1.807, 2.05) is 0 Å². The molecule has 0 heterocycles. The Kier molecular flexibility index (Phi) is 8.01. The zero-order valence-electron chi connectivity index (χ0n) is 14.7. The number of aryl methyl sites for hydroxylation is 1. The number of carbonyl (C=O) groups excluding carboxylic acids is 1. The molecule has 0 fully saturated rings. The first-order valence-corrected chi connectivity index (χ1v) is 8.26. The predicted octanol–water partition coefficient (Wildman–Crippen LogP) is 2.28. The molecule has 0 aliphatic carbocycles. The molecule has 0 spiro atoms. The predicted molar refractivity (Wildman–Crippen MR) is 90.4 cm³/mol. The molecule has 1 aromatic carbocycles. The average molecular weight is 340 g/mol. The summed E-state index contributed by atoms with van der Waals surface area (Å²) in [5.74, 6) is -0.678. The van der Waals surface area contributed by atoms with Gasteiger partial charge in [0.05, 0.1) is 25.7 Å². The molecule has 0 aliphatic heterocycles. The van der Waals surface area contributed by atoms with Crippen LogP contribution in [0, 0.1) is 5.41 Å². The van der Waals surface area contributed by atoms with Gasteiger partial charge < -0.3 is 24.8 Å². The summed E-state index contributed by atoms with van der Waals surface area (Å²) in [6.45, 7) is 3.15. The van der Waals surface area contributed by atoms with Gasteiger partial charge in [-0.1, -0.05) is 26.3 Å². The molecule has 6 nitrogen and oxygen atoms in total. The highest BCUT2D eigenvalue weighted by Crippen LogP contribution is 2.35. The van der Waals surface area contributed by atoms with Crippen molar-refractivity contribution in [2.75, 3.05) is 26.9 Å². The summed E-state index contributed by atoms with van der Waals surface area (Å²) in [5, 5.41) is 29.1. The lowest BCUT2D eigenvalue weighted by atomic mass is 9.88. The van der Waals surface area contributed by atoms with Crippen molar-refractivity contribution in [2.24, 2.45) is 5.41 Å². The largest absolute Gasteiger partial charge is 0.504 e. The number of aromatic hydroxyl groups is 1. The smallest absolute Gasteiger partial charge is 0.342 e. The Balaban J connectivity index is 2.95. The van der Waals surface area contributed by atoms with Gasteiger partial charge in [0.15, 0.2) is 11.5 Å². The fourth-order valence-electron chi connectivity index (χ4n) is 2.33. The quantitative estimate of drug-likeness (QED) is 0.566. The van der Waals surface area contributed by atoms with Gasteiger partial charge >= 0.3 is 5.97 Å². The molecular formula is C18H28O6. The summed E-state index contributed by atoms with van der Waals surface area (Å²) in [6.07, 6.45) is 3.16. The van der Waals surface area contributed by atoms with Gasteiger partial charge in [-0.2, -0.15) is 0 Å². The van der Waals surface area contributed by atoms with Gasteiger partial charge in [-0.3, -0.25) is 0 Å². The lowest BCUT2D eigenvalue weighted by Gasteiger charge is -2.27. The second-order valence-corrected chi connectivity index (χ2v) is 6.00. The summed E-state index contributed by atoms with van der Waals surface area (Å²) < 4.78 is 10.4. The molecule has 0 radical (unpaired) electrons. The fourth-order valence-corrected chi connectivity index (χ4v) is 2.33. The minimum absolute atomic E-state index is 0.00739. The summed E-state index contributed by atoms with van der Waals surface area (Å²) in [4.78, 5) is 12.3. The summed E-state index contributed by atoms with van der Waals surface area (Å²) in [5.41, 5.74) is -0.0359. The fraction of sp³-hybridized carbons (Fsp3) is 0.611. The van der Waals surface area contributed by atoms with Crippen molar-refractivity contribution >= 4 is 5.97 Å². The minimum Gasteiger partial charge on any atom is -0.504 e. The number of methoxy groups -OCH3 is 1. The van der Waals surface area contributed by atoms with E-state index in [1.165, 1.54) is 13.2 Å². The number of aliphatic hydroxyl groups excluding tert-OH is 2. The van der Waals surface area contributed by atoms with Gasteiger partial charge in [0.2, 0.25) is 0 Å². The van der Waals surface area contributed by atoms with Crippen LogP contribution in [0.15, 0.2) is 12.1 Å². The molecule has 0 aliphatic rings. The van der Waals surface area contributed by atoms with Crippen molar-refractivity contribution < 1.29 is 29.6 Å². The van der Waals surface area contributed by atoms with Crippen molar-refractivity contribution in [3.63, 3.8) is 0 Å². The highest BCUT2D eigenvalue weighted by atomic mass is 16.5. The number of phenolic OH excluding ortho intramolecular Hbond substituents is 1. The van der Waals surface area contributed by atoms with Gasteiger partial charge in [-0.05, 0) is 30.9 Å². The zero-order chi connectivity index (χ0) is 18.2. The number of benzene rings is 1. The maximum atomic E-state index is 12.3. The first-order valence-electron chi connectivity index (χ1n) is 8.26. The van der Waals surface area contributed by atoms with Crippen molar-refractivity contribution in [3.8, 4) is 11.5 Å². The van der Waals surface area contributed by atoms with Crippen LogP contribution < -0.4 is 4.74 Å². The number of aliphatic hydroxyl groups is 2. The Labute approximate surface area is 143 Å². The van der Waals surface area contributed by atoms with E-state index in [-0.39, 0.29) is 36.9 Å². The van der Waals surface area contributed by atoms with E-state index in [2.05, 4.69) is 6.92 Å². The Morgan fingerprint density at radius 3 is 2.38 bits per heavy atom. The Morgan fingerprint density at radius 1 is 1.21 bits per heavy atom. The number of phenols is 1. The molecule has 0 amide bonds. The number of esters is 1. The highest BCUT2D eigenvalue weighted by Gasteiger charge is 2.29. The van der Waals surface area contributed by atoms with Crippen LogP contribution in [0.5, 0.6) is 11.5 Å². The molecular weight excluding hydrogens is 312 g/mol. The van der Waals surface area contributed by atoms with E-state index in [0.717, 1.165) is 24.8 Å². The van der Waals surface area contributed by atoms with Crippen LogP contribution in [0.2, 0.25) is 0 Å². The third-order valence-corrected chi connectivity index (χ3v) is 4.37. The Hall–Kier alpha value is -1.79. The second kappa shape index (κ2) is 9.49. The molecule has 3 N–H and O–H groups in total. The van der Waals surface area contributed by atoms with E-state index in [0.29, 0.717) is 6.42 Å². The van der Waals surface area contributed by atoms with Crippen molar-refractivity contribution in [1.29, 1.82) is 0 Å². The van der Waals surface area contributed by atoms with Gasteiger partial charge in [-0.15, -0.1) is 0 Å². The first-order chi connectivity index (χ1) is 11.5. The third kappa shape index (κ3) is 4.61. The molecule has 0 saturated heterocycles. The molecule has 1 rings (SSSR count). The maximum absolute atomic E-state index is 12.3. The van der Waals surface area contributed by atoms with E-state index >= 15 is 0 Å². The average Bonchev–Trinajstić information content (AvgIpc) is 2.61. The van der Waals surface area contributed by atoms with Crippen LogP contribution in [-0.2, 0) is 11.2 Å². The van der Waals surface area contributed by atoms with E-state index in [4.69, 9.17) is 9.47 Å². The standard InChI is InChI=1S/C18H28O6/c1-4-6-7-13-8-9-14(15(21)16(13)23-3)17(22)24-12-18(5-2,10-19)11-20/h8-9,19-21H,4-7,10-12H2,1-3H3. The molecule has 136 valence electrons. The molecule has 0 saturated carbocycles. The number of rotatable bonds is 10. The van der Waals surface area contributed by atoms with Crippen LogP contribution in [-0.4, -0.2) is 48.2 Å². The van der Waals surface area contributed by atoms with Crippen molar-refractivity contribution in [2.45, 2.75) is 39.5 Å². The Morgan fingerprint density at radius 2 is 1.88 bits per heavy atom. The molecule has 6 heteroatoms. The number of carbonyl (C=O) groups is 1. The van der Waals surface area contributed by atoms with Gasteiger partial charge in [0.1, 0.15) is 12.2 Å². The normalized spacial score (nSPS) is 11.4. The lowest BCUT2D eigenvalue weighted by Crippen LogP contribution is -2.35. The molecule has 24 heavy (non-hydrogen) atoms. The Bertz CT molecular complexity index is 528. The van der Waals surface area contributed by atoms with Gasteiger partial charge in [0.25, 0.3) is 0 Å². The number of hydrogen-bond donors (Lipinski definition) is 3. The number of unbranched alkanes of at least 4 members (excludes halogenated alkanes) is 1. The number of hydrogen-bond acceptors (Lipinski definition) is 6. The van der Waals surface area contributed by atoms with Gasteiger partial charge in [0, 0.05) is 0 Å². The van der Waals surface area contributed by atoms with Crippen LogP contribution in [0.3, 0.4) is 0 Å². The van der Waals surface area contributed by atoms with Crippen LogP contribution >= 0.6 is 0 Å². The van der Waals surface area contributed by atoms with Crippen molar-refractivity contribution in [1.82, 2.24) is 0 Å². The van der Waals surface area contributed by atoms with Gasteiger partial charge in [-0.25, -0.2) is 4.79 Å². The number of ether oxygens (including phenoxy) is 2. The second-order valence-electron chi connectivity index (χ2n) is 6.00. The lowest BCUT2D eigenvalue weighted by molar-refractivity contribution is -0.0178. The topological polar surface area (TPSA) is 96.2 Å². The highest BCUT2D eigenvalue weighted by molar-refractivity contribution is 5.93. The van der Waals surface area contributed by atoms with E-state index in [9.17, 15) is 20.1 Å². The van der Waals surface area contributed by atoms with E-state index in [1.54, 1.807) is 13.0 Å². The maximum Gasteiger partial charge on any atom is 0.342 e. The van der Waals surface area contributed by atoms with E-state index < -0.39 is 11.4 Å². The molecule has 1 aromatic rings. The third-order valence-electron chi connectivity index (χ3n) is 4.37. The van der Waals surface area contributed by atoms with Crippen molar-refractivity contribution in [3.05, 3.63) is 23.3 Å². The summed E-state index contributed by atoms with van der Waals surface area (Å²) in [7, 11) is 1.44. The van der Waals surface area contributed by atoms with Crippen LogP contribution in [0.25, 0.3) is 0 Å². The first kappa shape index (κ1) is 20.3. The monoisotopic (exact) mass is 340 g/mol. The molecule has 0 bridgehead atoms. The van der Waals surface area contributed by atoms with Crippen LogP contribution in [0.4, 0.5) is 0 Å². The molecule has 0 atom stereocenters. The van der Waals surface area contributed by atoms with Crippen LogP contribution in [0.1, 0.15) is 49.0 Å².